The van der Waals surface area contributed by atoms with Gasteiger partial charge >= 0.3 is 0 Å². The van der Waals surface area contributed by atoms with Gasteiger partial charge in [0, 0.05) is 25.7 Å². The van der Waals surface area contributed by atoms with E-state index in [9.17, 15) is 8.42 Å². The number of nitrogens with one attached hydrogen (secondary N) is 1. The molecule has 2 saturated heterocycles. The summed E-state index contributed by atoms with van der Waals surface area (Å²) in [6.07, 6.45) is 2.01. The van der Waals surface area contributed by atoms with Crippen molar-refractivity contribution >= 4 is 9.84 Å². The van der Waals surface area contributed by atoms with Gasteiger partial charge in [-0.05, 0) is 19.9 Å². The Morgan fingerprint density at radius 2 is 2.29 bits per heavy atom. The Hall–Kier alpha value is -0.170. The maximum absolute atomic E-state index is 11.6. The molecule has 6 heteroatoms. The fourth-order valence-corrected chi connectivity index (χ4v) is 4.45. The highest BCUT2D eigenvalue weighted by Gasteiger charge is 2.32. The van der Waals surface area contributed by atoms with Gasteiger partial charge in [-0.1, -0.05) is 0 Å². The highest BCUT2D eigenvalue weighted by Crippen LogP contribution is 2.19. The summed E-state index contributed by atoms with van der Waals surface area (Å²) in [5.74, 6) is 0.701. The van der Waals surface area contributed by atoms with E-state index in [0.717, 1.165) is 32.5 Å². The third-order valence-electron chi connectivity index (χ3n) is 3.56. The molecule has 0 aromatic heterocycles. The first-order chi connectivity index (χ1) is 8.11. The molecule has 1 N–H and O–H groups in total. The number of hydrogen-bond acceptors (Lipinski definition) is 5. The van der Waals surface area contributed by atoms with Gasteiger partial charge in [0.2, 0.25) is 0 Å². The fraction of sp³-hybridized carbons (Fsp3) is 1.00. The van der Waals surface area contributed by atoms with Crippen LogP contribution < -0.4 is 5.32 Å². The predicted octanol–water partition coefficient (Wildman–Crippen LogP) is -0.516. The Morgan fingerprint density at radius 1 is 1.47 bits per heavy atom. The van der Waals surface area contributed by atoms with Gasteiger partial charge in [-0.2, -0.15) is 0 Å². The second-order valence-corrected chi connectivity index (χ2v) is 7.18. The molecule has 2 heterocycles. The lowest BCUT2D eigenvalue weighted by Crippen LogP contribution is -2.53. The van der Waals surface area contributed by atoms with Crippen LogP contribution in [0.15, 0.2) is 0 Å². The molecular formula is C11H22N2O3S. The van der Waals surface area contributed by atoms with Crippen LogP contribution in [0.4, 0.5) is 0 Å². The van der Waals surface area contributed by atoms with E-state index in [-0.39, 0.29) is 12.1 Å². The van der Waals surface area contributed by atoms with Crippen molar-refractivity contribution in [2.75, 3.05) is 44.8 Å². The van der Waals surface area contributed by atoms with Gasteiger partial charge in [-0.3, -0.25) is 4.90 Å². The smallest absolute Gasteiger partial charge is 0.151 e. The van der Waals surface area contributed by atoms with E-state index in [1.165, 1.54) is 0 Å². The highest BCUT2D eigenvalue weighted by molar-refractivity contribution is 7.91. The van der Waals surface area contributed by atoms with Gasteiger partial charge in [0.25, 0.3) is 0 Å². The first-order valence-corrected chi connectivity index (χ1v) is 8.13. The minimum atomic E-state index is -2.81. The summed E-state index contributed by atoms with van der Waals surface area (Å²) in [6, 6.07) is 0.206. The van der Waals surface area contributed by atoms with Crippen molar-refractivity contribution in [1.29, 1.82) is 0 Å². The molecule has 2 atom stereocenters. The van der Waals surface area contributed by atoms with E-state index in [4.69, 9.17) is 4.74 Å². The van der Waals surface area contributed by atoms with Crippen molar-refractivity contribution in [1.82, 2.24) is 10.2 Å². The van der Waals surface area contributed by atoms with Crippen LogP contribution in [0.5, 0.6) is 0 Å². The van der Waals surface area contributed by atoms with E-state index < -0.39 is 9.84 Å². The lowest BCUT2D eigenvalue weighted by atomic mass is 10.1. The second kappa shape index (κ2) is 5.65. The standard InChI is InChI=1S/C11H22N2O3S/c1-12-7-11-8-13(4-5-16-11)10-3-2-6-17(14,15)9-10/h10-12H,2-9H2,1H3. The third kappa shape index (κ3) is 3.64. The number of nitrogens with zero attached hydrogens (tertiary/aromatic N) is 1. The average molecular weight is 262 g/mol. The molecule has 17 heavy (non-hydrogen) atoms. The molecule has 2 aliphatic heterocycles. The van der Waals surface area contributed by atoms with Gasteiger partial charge in [0.1, 0.15) is 0 Å². The molecule has 100 valence electrons. The number of morpholine rings is 1. The Kier molecular flexibility index (Phi) is 4.41. The summed E-state index contributed by atoms with van der Waals surface area (Å²) in [6.45, 7) is 3.25. The zero-order valence-electron chi connectivity index (χ0n) is 10.4. The van der Waals surface area contributed by atoms with Crippen LogP contribution in [-0.2, 0) is 14.6 Å². The second-order valence-electron chi connectivity index (χ2n) is 4.96. The van der Waals surface area contributed by atoms with Crippen LogP contribution in [0.25, 0.3) is 0 Å². The highest BCUT2D eigenvalue weighted by atomic mass is 32.2. The zero-order valence-corrected chi connectivity index (χ0v) is 11.2. The van der Waals surface area contributed by atoms with E-state index >= 15 is 0 Å². The molecule has 0 amide bonds. The molecule has 0 aromatic carbocycles. The van der Waals surface area contributed by atoms with Crippen LogP contribution in [0.3, 0.4) is 0 Å². The molecule has 0 saturated carbocycles. The van der Waals surface area contributed by atoms with Crippen LogP contribution in [-0.4, -0.2) is 70.3 Å². The average Bonchev–Trinajstić information content (AvgIpc) is 2.28. The summed E-state index contributed by atoms with van der Waals surface area (Å²) in [4.78, 5) is 2.29. The monoisotopic (exact) mass is 262 g/mol. The van der Waals surface area contributed by atoms with Crippen molar-refractivity contribution < 1.29 is 13.2 Å². The predicted molar refractivity (Wildman–Crippen MR) is 66.9 cm³/mol. The molecule has 0 spiro atoms. The number of rotatable bonds is 3. The first-order valence-electron chi connectivity index (χ1n) is 6.31. The normalized spacial score (nSPS) is 34.6. The van der Waals surface area contributed by atoms with Crippen molar-refractivity contribution in [3.63, 3.8) is 0 Å². The van der Waals surface area contributed by atoms with Crippen molar-refractivity contribution in [3.05, 3.63) is 0 Å². The topological polar surface area (TPSA) is 58.6 Å². The molecular weight excluding hydrogens is 240 g/mol. The van der Waals surface area contributed by atoms with Crippen LogP contribution >= 0.6 is 0 Å². The molecule has 0 aliphatic carbocycles. The van der Waals surface area contributed by atoms with Gasteiger partial charge in [0.15, 0.2) is 9.84 Å². The molecule has 2 rings (SSSR count). The Labute approximate surface area is 103 Å². The number of likely N-dealkylation sites (N-methyl/N-ethyl adjacent to an activating group) is 1. The SMILES string of the molecule is CNCC1CN(C2CCCS(=O)(=O)C2)CCO1. The number of ether oxygens (including phenoxy) is 1. The van der Waals surface area contributed by atoms with Gasteiger partial charge in [-0.25, -0.2) is 8.42 Å². The van der Waals surface area contributed by atoms with Gasteiger partial charge in [0.05, 0.1) is 24.2 Å². The quantitative estimate of drug-likeness (QED) is 0.742. The van der Waals surface area contributed by atoms with E-state index in [2.05, 4.69) is 10.2 Å². The lowest BCUT2D eigenvalue weighted by Gasteiger charge is -2.39. The molecule has 2 aliphatic rings. The molecule has 0 bridgehead atoms. The Bertz CT molecular complexity index is 343. The van der Waals surface area contributed by atoms with Crippen molar-refractivity contribution in [2.24, 2.45) is 0 Å². The Balaban J connectivity index is 1.92. The molecule has 2 fully saturated rings. The van der Waals surface area contributed by atoms with Crippen LogP contribution in [0.1, 0.15) is 12.8 Å². The third-order valence-corrected chi connectivity index (χ3v) is 5.36. The largest absolute Gasteiger partial charge is 0.374 e. The molecule has 2 unspecified atom stereocenters. The first kappa shape index (κ1) is 13.3. The van der Waals surface area contributed by atoms with Gasteiger partial charge in [-0.15, -0.1) is 0 Å². The molecule has 5 nitrogen and oxygen atoms in total. The van der Waals surface area contributed by atoms with E-state index in [0.29, 0.717) is 18.1 Å². The minimum Gasteiger partial charge on any atom is -0.374 e. The van der Waals surface area contributed by atoms with Crippen LogP contribution in [0, 0.1) is 0 Å². The van der Waals surface area contributed by atoms with E-state index in [1.807, 2.05) is 7.05 Å². The van der Waals surface area contributed by atoms with E-state index in [1.54, 1.807) is 0 Å². The van der Waals surface area contributed by atoms with Crippen molar-refractivity contribution in [2.45, 2.75) is 25.0 Å². The lowest BCUT2D eigenvalue weighted by molar-refractivity contribution is -0.0397. The van der Waals surface area contributed by atoms with Crippen molar-refractivity contribution in [3.8, 4) is 0 Å². The summed E-state index contributed by atoms with van der Waals surface area (Å²) in [7, 11) is -0.899. The van der Waals surface area contributed by atoms with Crippen LogP contribution in [0.2, 0.25) is 0 Å². The summed E-state index contributed by atoms with van der Waals surface area (Å²) >= 11 is 0. The van der Waals surface area contributed by atoms with Gasteiger partial charge < -0.3 is 10.1 Å². The maximum Gasteiger partial charge on any atom is 0.151 e. The molecule has 0 aromatic rings. The summed E-state index contributed by atoms with van der Waals surface area (Å²) in [5.41, 5.74) is 0. The summed E-state index contributed by atoms with van der Waals surface area (Å²) < 4.78 is 28.9. The summed E-state index contributed by atoms with van der Waals surface area (Å²) in [5, 5.41) is 3.11. The Morgan fingerprint density at radius 3 is 3.00 bits per heavy atom. The maximum atomic E-state index is 11.6. The molecule has 0 radical (unpaired) electrons. The number of sulfone groups is 1. The minimum absolute atomic E-state index is 0.193. The zero-order chi connectivity index (χ0) is 12.3. The number of hydrogen-bond donors (Lipinski definition) is 1. The fourth-order valence-electron chi connectivity index (χ4n) is 2.71.